The van der Waals surface area contributed by atoms with Crippen LogP contribution in [0, 0.1) is 0 Å². The van der Waals surface area contributed by atoms with E-state index >= 15 is 0 Å². The molecule has 0 aliphatic carbocycles. The quantitative estimate of drug-likeness (QED) is 0.842. The van der Waals surface area contributed by atoms with Gasteiger partial charge in [-0.1, -0.05) is 24.3 Å². The van der Waals surface area contributed by atoms with Gasteiger partial charge in [0.15, 0.2) is 0 Å². The molecule has 1 aliphatic heterocycles. The molecule has 1 fully saturated rings. The van der Waals surface area contributed by atoms with E-state index in [1.54, 1.807) is 18.0 Å². The number of nitrogens with zero attached hydrogens (tertiary/aromatic N) is 3. The van der Waals surface area contributed by atoms with Gasteiger partial charge in [-0.3, -0.25) is 9.78 Å². The molecule has 27 heavy (non-hydrogen) atoms. The van der Waals surface area contributed by atoms with Crippen molar-refractivity contribution in [3.63, 3.8) is 0 Å². The van der Waals surface area contributed by atoms with E-state index in [1.807, 2.05) is 36.4 Å². The van der Waals surface area contributed by atoms with E-state index in [0.29, 0.717) is 19.6 Å². The molecule has 1 aliphatic rings. The van der Waals surface area contributed by atoms with Crippen LogP contribution in [-0.2, 0) is 11.3 Å². The maximum absolute atomic E-state index is 12.4. The molecular formula is C20H25N5O2. The van der Waals surface area contributed by atoms with Crippen LogP contribution in [0.5, 0.6) is 0 Å². The van der Waals surface area contributed by atoms with Gasteiger partial charge in [-0.05, 0) is 31.2 Å². The Balaban J connectivity index is 1.42. The summed E-state index contributed by atoms with van der Waals surface area (Å²) >= 11 is 0. The molecule has 2 heterocycles. The molecule has 3 rings (SSSR count). The number of hydrogen-bond donors (Lipinski definition) is 2. The van der Waals surface area contributed by atoms with Crippen LogP contribution in [0.3, 0.4) is 0 Å². The zero-order chi connectivity index (χ0) is 19.1. The average Bonchev–Trinajstić information content (AvgIpc) is 2.73. The van der Waals surface area contributed by atoms with E-state index in [9.17, 15) is 9.59 Å². The van der Waals surface area contributed by atoms with Gasteiger partial charge in [0, 0.05) is 38.1 Å². The predicted molar refractivity (Wildman–Crippen MR) is 104 cm³/mol. The maximum atomic E-state index is 12.4. The van der Waals surface area contributed by atoms with Crippen molar-refractivity contribution in [2.45, 2.75) is 19.5 Å². The predicted octanol–water partition coefficient (Wildman–Crippen LogP) is 1.62. The third-order valence-corrected chi connectivity index (χ3v) is 4.59. The minimum Gasteiger partial charge on any atom is -0.368 e. The largest absolute Gasteiger partial charge is 0.368 e. The van der Waals surface area contributed by atoms with Gasteiger partial charge < -0.3 is 20.4 Å². The van der Waals surface area contributed by atoms with Crippen molar-refractivity contribution < 1.29 is 9.59 Å². The standard InChI is InChI=1S/C20H25N5O2/c1-16(19(26)22-15-17-7-5-6-10-21-17)23-20(27)25-13-11-24(12-14-25)18-8-3-2-4-9-18/h2-10,16H,11-15H2,1H3,(H,22,26)(H,23,27)/t16-/m1/s1. The summed E-state index contributed by atoms with van der Waals surface area (Å²) in [6, 6.07) is 14.9. The van der Waals surface area contributed by atoms with Crippen molar-refractivity contribution >= 4 is 17.6 Å². The third kappa shape index (κ3) is 5.20. The van der Waals surface area contributed by atoms with Gasteiger partial charge in [0.05, 0.1) is 12.2 Å². The van der Waals surface area contributed by atoms with Crippen LogP contribution >= 0.6 is 0 Å². The number of hydrogen-bond acceptors (Lipinski definition) is 4. The topological polar surface area (TPSA) is 77.6 Å². The molecule has 142 valence electrons. The number of aromatic nitrogens is 1. The maximum Gasteiger partial charge on any atom is 0.318 e. The number of benzene rings is 1. The minimum absolute atomic E-state index is 0.205. The van der Waals surface area contributed by atoms with Gasteiger partial charge in [-0.25, -0.2) is 4.79 Å². The first-order valence-electron chi connectivity index (χ1n) is 9.16. The fourth-order valence-electron chi connectivity index (χ4n) is 2.98. The number of anilines is 1. The Morgan fingerprint density at radius 1 is 1.04 bits per heavy atom. The zero-order valence-corrected chi connectivity index (χ0v) is 15.5. The highest BCUT2D eigenvalue weighted by Crippen LogP contribution is 2.15. The van der Waals surface area contributed by atoms with E-state index in [-0.39, 0.29) is 11.9 Å². The Bertz CT molecular complexity index is 745. The fourth-order valence-corrected chi connectivity index (χ4v) is 2.98. The molecule has 1 aromatic heterocycles. The van der Waals surface area contributed by atoms with Crippen molar-refractivity contribution in [2.24, 2.45) is 0 Å². The summed E-state index contributed by atoms with van der Waals surface area (Å²) < 4.78 is 0. The average molecular weight is 367 g/mol. The number of nitrogens with one attached hydrogen (secondary N) is 2. The van der Waals surface area contributed by atoms with E-state index in [4.69, 9.17) is 0 Å². The zero-order valence-electron chi connectivity index (χ0n) is 15.5. The summed E-state index contributed by atoms with van der Waals surface area (Å²) in [7, 11) is 0. The minimum atomic E-state index is -0.603. The normalized spacial score (nSPS) is 15.1. The first kappa shape index (κ1) is 18.7. The summed E-state index contributed by atoms with van der Waals surface area (Å²) in [6.45, 7) is 4.84. The Labute approximate surface area is 159 Å². The second-order valence-electron chi connectivity index (χ2n) is 6.52. The van der Waals surface area contributed by atoms with Crippen LogP contribution in [-0.4, -0.2) is 54.0 Å². The number of pyridine rings is 1. The summed E-state index contributed by atoms with van der Waals surface area (Å²) in [4.78, 5) is 32.8. The SMILES string of the molecule is C[C@@H](NC(=O)N1CCN(c2ccccc2)CC1)C(=O)NCc1ccccn1. The number of rotatable bonds is 5. The van der Waals surface area contributed by atoms with E-state index in [0.717, 1.165) is 18.8 Å². The monoisotopic (exact) mass is 367 g/mol. The van der Waals surface area contributed by atoms with Crippen LogP contribution in [0.25, 0.3) is 0 Å². The van der Waals surface area contributed by atoms with Crippen molar-refractivity contribution in [2.75, 3.05) is 31.1 Å². The lowest BCUT2D eigenvalue weighted by atomic mass is 10.2. The lowest BCUT2D eigenvalue weighted by Gasteiger charge is -2.36. The molecule has 3 amide bonds. The number of amides is 3. The Morgan fingerprint density at radius 3 is 2.41 bits per heavy atom. The summed E-state index contributed by atoms with van der Waals surface area (Å²) in [6.07, 6.45) is 1.68. The lowest BCUT2D eigenvalue weighted by molar-refractivity contribution is -0.122. The molecule has 0 bridgehead atoms. The van der Waals surface area contributed by atoms with Gasteiger partial charge in [0.1, 0.15) is 6.04 Å². The molecule has 0 saturated carbocycles. The lowest BCUT2D eigenvalue weighted by Crippen LogP contribution is -2.55. The number of para-hydroxylation sites is 1. The molecule has 2 N–H and O–H groups in total. The van der Waals surface area contributed by atoms with Crippen LogP contribution in [0.15, 0.2) is 54.7 Å². The molecule has 7 nitrogen and oxygen atoms in total. The van der Waals surface area contributed by atoms with Crippen molar-refractivity contribution in [1.29, 1.82) is 0 Å². The smallest absolute Gasteiger partial charge is 0.318 e. The Morgan fingerprint density at radius 2 is 1.74 bits per heavy atom. The number of piperazine rings is 1. The summed E-state index contributed by atoms with van der Waals surface area (Å²) in [5.41, 5.74) is 1.95. The van der Waals surface area contributed by atoms with Crippen molar-refractivity contribution in [3.05, 3.63) is 60.4 Å². The van der Waals surface area contributed by atoms with Gasteiger partial charge in [0.25, 0.3) is 0 Å². The molecule has 7 heteroatoms. The Kier molecular flexibility index (Phi) is 6.25. The summed E-state index contributed by atoms with van der Waals surface area (Å²) in [5, 5.41) is 5.57. The van der Waals surface area contributed by atoms with E-state index in [2.05, 4.69) is 32.7 Å². The van der Waals surface area contributed by atoms with Crippen LogP contribution < -0.4 is 15.5 Å². The van der Waals surface area contributed by atoms with Crippen LogP contribution in [0.4, 0.5) is 10.5 Å². The van der Waals surface area contributed by atoms with E-state index < -0.39 is 6.04 Å². The van der Waals surface area contributed by atoms with Crippen LogP contribution in [0.1, 0.15) is 12.6 Å². The first-order valence-corrected chi connectivity index (χ1v) is 9.16. The molecule has 0 radical (unpaired) electrons. The molecule has 1 saturated heterocycles. The molecule has 1 aromatic carbocycles. The molecule has 0 unspecified atom stereocenters. The highest BCUT2D eigenvalue weighted by molar-refractivity contribution is 5.86. The van der Waals surface area contributed by atoms with Gasteiger partial charge in [-0.15, -0.1) is 0 Å². The molecule has 1 atom stereocenters. The number of carbonyl (C=O) groups is 2. The van der Waals surface area contributed by atoms with Crippen molar-refractivity contribution in [1.82, 2.24) is 20.5 Å². The van der Waals surface area contributed by atoms with Gasteiger partial charge in [0.2, 0.25) is 5.91 Å². The third-order valence-electron chi connectivity index (χ3n) is 4.59. The second-order valence-corrected chi connectivity index (χ2v) is 6.52. The van der Waals surface area contributed by atoms with Gasteiger partial charge in [-0.2, -0.15) is 0 Å². The van der Waals surface area contributed by atoms with Crippen molar-refractivity contribution in [3.8, 4) is 0 Å². The van der Waals surface area contributed by atoms with Gasteiger partial charge >= 0.3 is 6.03 Å². The number of urea groups is 1. The Hall–Kier alpha value is -3.09. The molecule has 2 aromatic rings. The highest BCUT2D eigenvalue weighted by Gasteiger charge is 2.24. The van der Waals surface area contributed by atoms with Crippen LogP contribution in [0.2, 0.25) is 0 Å². The fraction of sp³-hybridized carbons (Fsp3) is 0.350. The number of carbonyl (C=O) groups excluding carboxylic acids is 2. The molecular weight excluding hydrogens is 342 g/mol. The highest BCUT2D eigenvalue weighted by atomic mass is 16.2. The molecule has 0 spiro atoms. The second kappa shape index (κ2) is 9.02. The van der Waals surface area contributed by atoms with E-state index in [1.165, 1.54) is 5.69 Å². The summed E-state index contributed by atoms with van der Waals surface area (Å²) in [5.74, 6) is -0.225. The first-order chi connectivity index (χ1) is 13.1.